The van der Waals surface area contributed by atoms with E-state index in [2.05, 4.69) is 0 Å². The van der Waals surface area contributed by atoms with E-state index < -0.39 is 31.8 Å². The van der Waals surface area contributed by atoms with Crippen molar-refractivity contribution in [2.45, 2.75) is 40.2 Å². The normalized spacial score (nSPS) is 16.7. The molecule has 1 aliphatic rings. The Morgan fingerprint density at radius 2 is 1.77 bits per heavy atom. The lowest BCUT2D eigenvalue weighted by molar-refractivity contribution is -0.126. The largest absolute Gasteiger partial charge is 0.447 e. The Morgan fingerprint density at radius 1 is 1.19 bits per heavy atom. The minimum absolute atomic E-state index is 0.118. The van der Waals surface area contributed by atoms with Crippen molar-refractivity contribution in [2.75, 3.05) is 26.0 Å². The summed E-state index contributed by atoms with van der Waals surface area (Å²) in [5.41, 5.74) is 0.983. The molecule has 2 rings (SSSR count). The monoisotopic (exact) mass is 385 g/mol. The second-order valence-electron chi connectivity index (χ2n) is 5.29. The molecule has 0 aliphatic carbocycles. The van der Waals surface area contributed by atoms with E-state index in [4.69, 9.17) is 13.8 Å². The second-order valence-corrected chi connectivity index (χ2v) is 7.34. The molecule has 1 saturated heterocycles. The van der Waals surface area contributed by atoms with Gasteiger partial charge in [0.15, 0.2) is 0 Å². The predicted molar refractivity (Wildman–Crippen MR) is 99.2 cm³/mol. The van der Waals surface area contributed by atoms with E-state index in [9.17, 15) is 14.2 Å². The lowest BCUT2D eigenvalue weighted by Gasteiger charge is -2.22. The van der Waals surface area contributed by atoms with Gasteiger partial charge in [0.2, 0.25) is 5.91 Å². The highest BCUT2D eigenvalue weighted by Gasteiger charge is 2.41. The molecule has 2 amide bonds. The number of carbonyl (C=O) groups excluding carboxylic acids is 2. The Balaban J connectivity index is 0.00000163. The highest BCUT2D eigenvalue weighted by molar-refractivity contribution is 7.54. The van der Waals surface area contributed by atoms with Crippen molar-refractivity contribution in [2.24, 2.45) is 0 Å². The van der Waals surface area contributed by atoms with E-state index in [1.807, 2.05) is 44.2 Å². The summed E-state index contributed by atoms with van der Waals surface area (Å²) in [5.74, 6) is -0.608. The minimum atomic E-state index is -3.56. The molecule has 1 heterocycles. The van der Waals surface area contributed by atoms with Crippen molar-refractivity contribution in [3.8, 4) is 0 Å². The van der Waals surface area contributed by atoms with E-state index in [0.717, 1.165) is 10.5 Å². The molecule has 1 aromatic rings. The Bertz CT molecular complexity index is 611. The molecule has 0 aromatic heterocycles. The van der Waals surface area contributed by atoms with Crippen LogP contribution in [-0.4, -0.2) is 48.9 Å². The molecule has 0 radical (unpaired) electrons. The highest BCUT2D eigenvalue weighted by Crippen LogP contribution is 2.48. The standard InChI is InChI=1S/C16H22NO6P.C2H6/c1-3-22-24(20,23-4-2)12-15(18)17-14(11-21-16(17)19)10-13-8-6-5-7-9-13;1-2/h5-9,14H,3-4,10-12H2,1-2H3;1-2H3. The summed E-state index contributed by atoms with van der Waals surface area (Å²) in [4.78, 5) is 25.5. The maximum absolute atomic E-state index is 12.5. The Labute approximate surface area is 155 Å². The molecule has 0 spiro atoms. The minimum Gasteiger partial charge on any atom is -0.447 e. The quantitative estimate of drug-likeness (QED) is 0.632. The predicted octanol–water partition coefficient (Wildman–Crippen LogP) is 3.87. The van der Waals surface area contributed by atoms with Gasteiger partial charge >= 0.3 is 13.7 Å². The van der Waals surface area contributed by atoms with Crippen LogP contribution in [0.2, 0.25) is 0 Å². The average Bonchev–Trinajstić information content (AvgIpc) is 2.98. The van der Waals surface area contributed by atoms with E-state index in [1.54, 1.807) is 13.8 Å². The van der Waals surface area contributed by atoms with Crippen LogP contribution in [0.1, 0.15) is 33.3 Å². The molecule has 0 N–H and O–H groups in total. The van der Waals surface area contributed by atoms with Gasteiger partial charge in [-0.25, -0.2) is 9.69 Å². The van der Waals surface area contributed by atoms with E-state index in [1.165, 1.54) is 0 Å². The number of hydrogen-bond donors (Lipinski definition) is 0. The number of rotatable bonds is 8. The average molecular weight is 385 g/mol. The van der Waals surface area contributed by atoms with Gasteiger partial charge in [0.1, 0.15) is 12.8 Å². The lowest BCUT2D eigenvalue weighted by atomic mass is 10.1. The summed E-state index contributed by atoms with van der Waals surface area (Å²) in [6.07, 6.45) is -0.721. The van der Waals surface area contributed by atoms with Gasteiger partial charge in [-0.05, 0) is 25.8 Å². The van der Waals surface area contributed by atoms with Crippen molar-refractivity contribution in [3.05, 3.63) is 35.9 Å². The summed E-state index contributed by atoms with van der Waals surface area (Å²) in [7, 11) is -3.56. The molecular weight excluding hydrogens is 357 g/mol. The van der Waals surface area contributed by atoms with Crippen LogP contribution in [0.4, 0.5) is 4.79 Å². The van der Waals surface area contributed by atoms with Crippen LogP contribution in [0.25, 0.3) is 0 Å². The maximum Gasteiger partial charge on any atom is 0.417 e. The van der Waals surface area contributed by atoms with Crippen LogP contribution < -0.4 is 0 Å². The van der Waals surface area contributed by atoms with Crippen LogP contribution in [-0.2, 0) is 29.6 Å². The summed E-state index contributed by atoms with van der Waals surface area (Å²) >= 11 is 0. The van der Waals surface area contributed by atoms with Crippen molar-refractivity contribution < 1.29 is 27.9 Å². The molecule has 8 heteroatoms. The molecule has 7 nitrogen and oxygen atoms in total. The number of amides is 2. The van der Waals surface area contributed by atoms with Crippen LogP contribution in [0.15, 0.2) is 30.3 Å². The first-order chi connectivity index (χ1) is 12.5. The van der Waals surface area contributed by atoms with Gasteiger partial charge in [-0.2, -0.15) is 0 Å². The fourth-order valence-corrected chi connectivity index (χ4v) is 4.09. The molecule has 26 heavy (non-hydrogen) atoms. The number of benzene rings is 1. The van der Waals surface area contributed by atoms with Gasteiger partial charge in [0, 0.05) is 0 Å². The third-order valence-electron chi connectivity index (χ3n) is 3.52. The fraction of sp³-hybridized carbons (Fsp3) is 0.556. The number of imide groups is 1. The van der Waals surface area contributed by atoms with Crippen LogP contribution >= 0.6 is 7.60 Å². The van der Waals surface area contributed by atoms with Crippen LogP contribution in [0.5, 0.6) is 0 Å². The third kappa shape index (κ3) is 6.24. The molecule has 1 aromatic carbocycles. The lowest BCUT2D eigenvalue weighted by Crippen LogP contribution is -2.41. The number of hydrogen-bond acceptors (Lipinski definition) is 6. The summed E-state index contributed by atoms with van der Waals surface area (Å²) in [6.45, 7) is 7.76. The Kier molecular flexibility index (Phi) is 9.55. The first-order valence-corrected chi connectivity index (χ1v) is 10.6. The maximum atomic E-state index is 12.5. The van der Waals surface area contributed by atoms with Crippen molar-refractivity contribution in [1.82, 2.24) is 4.90 Å². The van der Waals surface area contributed by atoms with Crippen molar-refractivity contribution >= 4 is 19.6 Å². The summed E-state index contributed by atoms with van der Waals surface area (Å²) < 4.78 is 27.8. The molecular formula is C18H28NO6P. The number of ether oxygens (including phenoxy) is 1. The topological polar surface area (TPSA) is 82.1 Å². The first kappa shape index (κ1) is 22.4. The number of cyclic esters (lactones) is 1. The van der Waals surface area contributed by atoms with Crippen molar-refractivity contribution in [1.29, 1.82) is 0 Å². The zero-order valence-electron chi connectivity index (χ0n) is 15.8. The SMILES string of the molecule is CC.CCOP(=O)(CC(=O)N1C(=O)OCC1Cc1ccccc1)OCC. The second kappa shape index (κ2) is 11.1. The smallest absolute Gasteiger partial charge is 0.417 e. The Morgan fingerprint density at radius 3 is 2.31 bits per heavy atom. The van der Waals surface area contributed by atoms with Gasteiger partial charge in [-0.3, -0.25) is 9.36 Å². The number of carbonyl (C=O) groups is 2. The van der Waals surface area contributed by atoms with Gasteiger partial charge in [-0.1, -0.05) is 44.2 Å². The van der Waals surface area contributed by atoms with E-state index in [-0.39, 0.29) is 19.8 Å². The van der Waals surface area contributed by atoms with Gasteiger partial charge in [0.25, 0.3) is 0 Å². The number of nitrogens with zero attached hydrogens (tertiary/aromatic N) is 1. The Hall–Kier alpha value is -1.69. The third-order valence-corrected chi connectivity index (χ3v) is 5.49. The van der Waals surface area contributed by atoms with Gasteiger partial charge in [0.05, 0.1) is 19.3 Å². The van der Waals surface area contributed by atoms with Gasteiger partial charge in [-0.15, -0.1) is 0 Å². The molecule has 0 bridgehead atoms. The zero-order chi connectivity index (χ0) is 19.6. The molecule has 0 saturated carbocycles. The first-order valence-electron chi connectivity index (χ1n) is 8.90. The molecule has 1 unspecified atom stereocenters. The van der Waals surface area contributed by atoms with Gasteiger partial charge < -0.3 is 13.8 Å². The zero-order valence-corrected chi connectivity index (χ0v) is 16.7. The summed E-state index contributed by atoms with van der Waals surface area (Å²) in [6, 6.07) is 9.06. The molecule has 1 atom stereocenters. The van der Waals surface area contributed by atoms with Crippen molar-refractivity contribution in [3.63, 3.8) is 0 Å². The van der Waals surface area contributed by atoms with E-state index in [0.29, 0.717) is 6.42 Å². The molecule has 1 fully saturated rings. The summed E-state index contributed by atoms with van der Waals surface area (Å²) in [5, 5.41) is 0. The molecule has 146 valence electrons. The van der Waals surface area contributed by atoms with Crippen LogP contribution in [0.3, 0.4) is 0 Å². The molecule has 1 aliphatic heterocycles. The van der Waals surface area contributed by atoms with E-state index >= 15 is 0 Å². The fourth-order valence-electron chi connectivity index (χ4n) is 2.57. The highest BCUT2D eigenvalue weighted by atomic mass is 31.2. The van der Waals surface area contributed by atoms with Crippen LogP contribution in [0, 0.1) is 0 Å².